The molecule has 2 heterocycles. The third-order valence-corrected chi connectivity index (χ3v) is 2.95. The second kappa shape index (κ2) is 5.10. The average molecular weight is 230 g/mol. The molecule has 90 valence electrons. The van der Waals surface area contributed by atoms with Gasteiger partial charge in [0, 0.05) is 25.6 Å². The molecule has 0 amide bonds. The maximum absolute atomic E-state index is 4.23. The van der Waals surface area contributed by atoms with E-state index < -0.39 is 0 Å². The summed E-state index contributed by atoms with van der Waals surface area (Å²) in [4.78, 5) is 4.22. The zero-order chi connectivity index (χ0) is 12.3. The average Bonchev–Trinajstić information content (AvgIpc) is 2.74. The lowest BCUT2D eigenvalue weighted by Crippen LogP contribution is -2.25. The van der Waals surface area contributed by atoms with Crippen molar-refractivity contribution in [2.45, 2.75) is 19.9 Å². The van der Waals surface area contributed by atoms with Crippen LogP contribution in [0, 0.1) is 6.92 Å². The van der Waals surface area contributed by atoms with Crippen LogP contribution in [0.4, 0.5) is 0 Å². The Morgan fingerprint density at radius 2 is 2.18 bits per heavy atom. The summed E-state index contributed by atoms with van der Waals surface area (Å²) in [6.45, 7) is 5.12. The van der Waals surface area contributed by atoms with Crippen molar-refractivity contribution in [3.63, 3.8) is 0 Å². The highest BCUT2D eigenvalue weighted by Crippen LogP contribution is 2.23. The second-order valence-electron chi connectivity index (χ2n) is 4.10. The van der Waals surface area contributed by atoms with E-state index in [4.69, 9.17) is 0 Å². The van der Waals surface area contributed by atoms with Crippen LogP contribution in [0.1, 0.15) is 29.8 Å². The minimum absolute atomic E-state index is 0.154. The third-order valence-electron chi connectivity index (χ3n) is 2.95. The highest BCUT2D eigenvalue weighted by atomic mass is 15.3. The summed E-state index contributed by atoms with van der Waals surface area (Å²) in [5.41, 5.74) is 3.60. The zero-order valence-electron chi connectivity index (χ0n) is 10.5. The van der Waals surface area contributed by atoms with Gasteiger partial charge in [-0.3, -0.25) is 9.67 Å². The number of aryl methyl sites for hydroxylation is 2. The van der Waals surface area contributed by atoms with Gasteiger partial charge in [0.2, 0.25) is 0 Å². The molecule has 0 aliphatic rings. The lowest BCUT2D eigenvalue weighted by Gasteiger charge is -2.20. The van der Waals surface area contributed by atoms with E-state index in [1.807, 2.05) is 42.5 Å². The molecule has 0 saturated carbocycles. The molecule has 0 aliphatic carbocycles. The summed E-state index contributed by atoms with van der Waals surface area (Å²) in [6.07, 6.45) is 5.58. The molecule has 1 N–H and O–H groups in total. The first-order chi connectivity index (χ1) is 8.24. The minimum Gasteiger partial charge on any atom is -0.305 e. The van der Waals surface area contributed by atoms with Crippen LogP contribution in [-0.2, 0) is 7.05 Å². The first-order valence-electron chi connectivity index (χ1n) is 5.85. The van der Waals surface area contributed by atoms with E-state index >= 15 is 0 Å². The molecule has 0 aliphatic heterocycles. The number of hydrogen-bond donors (Lipinski definition) is 1. The van der Waals surface area contributed by atoms with E-state index in [0.717, 1.165) is 12.2 Å². The maximum atomic E-state index is 4.23. The molecule has 4 heteroatoms. The summed E-state index contributed by atoms with van der Waals surface area (Å²) < 4.78 is 1.90. The normalized spacial score (nSPS) is 12.6. The molecule has 1 unspecified atom stereocenters. The summed E-state index contributed by atoms with van der Waals surface area (Å²) in [6, 6.07) is 4.23. The second-order valence-corrected chi connectivity index (χ2v) is 4.10. The minimum atomic E-state index is 0.154. The largest absolute Gasteiger partial charge is 0.305 e. The highest BCUT2D eigenvalue weighted by molar-refractivity contribution is 5.31. The summed E-state index contributed by atoms with van der Waals surface area (Å²) in [7, 11) is 1.96. The monoisotopic (exact) mass is 230 g/mol. The predicted molar refractivity (Wildman–Crippen MR) is 67.7 cm³/mol. The molecule has 0 spiro atoms. The van der Waals surface area contributed by atoms with E-state index in [1.165, 1.54) is 11.1 Å². The van der Waals surface area contributed by atoms with Gasteiger partial charge in [0.25, 0.3) is 0 Å². The Hall–Kier alpha value is -1.68. The number of rotatable bonds is 4. The van der Waals surface area contributed by atoms with E-state index in [0.29, 0.717) is 0 Å². The Bertz CT molecular complexity index is 490. The van der Waals surface area contributed by atoms with Crippen LogP contribution in [0.2, 0.25) is 0 Å². The molecule has 0 radical (unpaired) electrons. The van der Waals surface area contributed by atoms with Crippen molar-refractivity contribution in [3.05, 3.63) is 47.5 Å². The van der Waals surface area contributed by atoms with Crippen LogP contribution < -0.4 is 5.32 Å². The third kappa shape index (κ3) is 2.36. The number of hydrogen-bond acceptors (Lipinski definition) is 3. The molecule has 0 fully saturated rings. The van der Waals surface area contributed by atoms with Crippen molar-refractivity contribution in [2.24, 2.45) is 7.05 Å². The van der Waals surface area contributed by atoms with E-state index in [-0.39, 0.29) is 6.04 Å². The van der Waals surface area contributed by atoms with Gasteiger partial charge in [-0.1, -0.05) is 6.92 Å². The predicted octanol–water partition coefficient (Wildman–Crippen LogP) is 1.82. The number of pyridine rings is 1. The fourth-order valence-electron chi connectivity index (χ4n) is 2.02. The van der Waals surface area contributed by atoms with E-state index in [2.05, 4.69) is 29.2 Å². The fourth-order valence-corrected chi connectivity index (χ4v) is 2.02. The van der Waals surface area contributed by atoms with Gasteiger partial charge < -0.3 is 5.32 Å². The van der Waals surface area contributed by atoms with Gasteiger partial charge in [0.15, 0.2) is 0 Å². The molecule has 2 rings (SSSR count). The fraction of sp³-hybridized carbons (Fsp3) is 0.385. The molecular formula is C13H18N4. The van der Waals surface area contributed by atoms with Gasteiger partial charge in [0.1, 0.15) is 0 Å². The summed E-state index contributed by atoms with van der Waals surface area (Å²) in [5, 5.41) is 7.71. The number of nitrogens with one attached hydrogen (secondary N) is 1. The van der Waals surface area contributed by atoms with Crippen LogP contribution in [0.5, 0.6) is 0 Å². The molecule has 2 aromatic rings. The van der Waals surface area contributed by atoms with Gasteiger partial charge >= 0.3 is 0 Å². The van der Waals surface area contributed by atoms with Crippen LogP contribution in [0.25, 0.3) is 0 Å². The Kier molecular flexibility index (Phi) is 3.54. The lowest BCUT2D eigenvalue weighted by atomic mass is 10.0. The lowest BCUT2D eigenvalue weighted by molar-refractivity contribution is 0.569. The van der Waals surface area contributed by atoms with Crippen molar-refractivity contribution in [1.29, 1.82) is 0 Å². The number of nitrogens with zero attached hydrogens (tertiary/aromatic N) is 3. The van der Waals surface area contributed by atoms with Crippen LogP contribution >= 0.6 is 0 Å². The molecule has 17 heavy (non-hydrogen) atoms. The van der Waals surface area contributed by atoms with Gasteiger partial charge in [-0.05, 0) is 36.7 Å². The molecular weight excluding hydrogens is 212 g/mol. The topological polar surface area (TPSA) is 42.7 Å². The zero-order valence-corrected chi connectivity index (χ0v) is 10.5. The summed E-state index contributed by atoms with van der Waals surface area (Å²) in [5.74, 6) is 0. The Morgan fingerprint density at radius 3 is 2.76 bits per heavy atom. The van der Waals surface area contributed by atoms with Gasteiger partial charge in [-0.15, -0.1) is 0 Å². The van der Waals surface area contributed by atoms with Crippen molar-refractivity contribution < 1.29 is 0 Å². The Balaban J connectivity index is 2.43. The quantitative estimate of drug-likeness (QED) is 0.871. The maximum Gasteiger partial charge on any atom is 0.0765 e. The number of aromatic nitrogens is 3. The van der Waals surface area contributed by atoms with Gasteiger partial charge in [-0.25, -0.2) is 0 Å². The van der Waals surface area contributed by atoms with Crippen LogP contribution in [0.3, 0.4) is 0 Å². The van der Waals surface area contributed by atoms with Crippen LogP contribution in [-0.4, -0.2) is 21.3 Å². The van der Waals surface area contributed by atoms with Crippen molar-refractivity contribution in [3.8, 4) is 0 Å². The Labute approximate surface area is 102 Å². The van der Waals surface area contributed by atoms with Gasteiger partial charge in [0.05, 0.1) is 11.7 Å². The molecule has 4 nitrogen and oxygen atoms in total. The molecule has 0 bridgehead atoms. The van der Waals surface area contributed by atoms with Crippen molar-refractivity contribution in [2.75, 3.05) is 6.54 Å². The molecule has 1 atom stereocenters. The van der Waals surface area contributed by atoms with Crippen molar-refractivity contribution >= 4 is 0 Å². The van der Waals surface area contributed by atoms with E-state index in [9.17, 15) is 0 Å². The summed E-state index contributed by atoms with van der Waals surface area (Å²) >= 11 is 0. The SMILES string of the molecule is CCNC(c1cnccc1C)c1ccnn1C. The highest BCUT2D eigenvalue weighted by Gasteiger charge is 2.17. The van der Waals surface area contributed by atoms with Gasteiger partial charge in [-0.2, -0.15) is 5.10 Å². The standard InChI is InChI=1S/C13H18N4/c1-4-15-13(12-6-8-16-17(12)3)11-9-14-7-5-10(11)2/h5-9,13,15H,4H2,1-3H3. The van der Waals surface area contributed by atoms with E-state index in [1.54, 1.807) is 0 Å². The smallest absolute Gasteiger partial charge is 0.0765 e. The Morgan fingerprint density at radius 1 is 1.35 bits per heavy atom. The molecule has 2 aromatic heterocycles. The van der Waals surface area contributed by atoms with Crippen LogP contribution in [0.15, 0.2) is 30.7 Å². The molecule has 0 saturated heterocycles. The van der Waals surface area contributed by atoms with Crippen molar-refractivity contribution in [1.82, 2.24) is 20.1 Å². The first-order valence-corrected chi connectivity index (χ1v) is 5.85. The first kappa shape index (κ1) is 11.8. The molecule has 0 aromatic carbocycles.